The number of hydrogen-bond acceptors (Lipinski definition) is 4. The number of fused-ring (bicyclic) bond motifs is 1. The van der Waals surface area contributed by atoms with Crippen molar-refractivity contribution >= 4 is 39.9 Å². The van der Waals surface area contributed by atoms with Gasteiger partial charge in [0.25, 0.3) is 11.6 Å². The highest BCUT2D eigenvalue weighted by Crippen LogP contribution is 2.26. The highest BCUT2D eigenvalue weighted by Gasteiger charge is 2.17. The molecule has 1 N–H and O–H groups in total. The fourth-order valence-electron chi connectivity index (χ4n) is 2.04. The van der Waals surface area contributed by atoms with Gasteiger partial charge in [0.15, 0.2) is 0 Å². The number of carbonyl (C=O) groups is 1. The number of nitro groups is 1. The molecule has 0 radical (unpaired) electrons. The predicted octanol–water partition coefficient (Wildman–Crippen LogP) is 4.25. The third-order valence-corrected chi connectivity index (χ3v) is 3.37. The van der Waals surface area contributed by atoms with Crippen LogP contribution in [-0.4, -0.2) is 10.8 Å². The summed E-state index contributed by atoms with van der Waals surface area (Å²) >= 11 is 5.78. The second-order valence-electron chi connectivity index (χ2n) is 4.55. The molecule has 0 aliphatic heterocycles. The Balaban J connectivity index is 1.95. The number of anilines is 1. The maximum absolute atomic E-state index is 12.3. The number of nitrogens with zero attached hydrogens (tertiary/aromatic N) is 1. The molecule has 0 spiro atoms. The lowest BCUT2D eigenvalue weighted by Gasteiger charge is -2.03. The molecule has 0 unspecified atom stereocenters. The smallest absolute Gasteiger partial charge is 0.270 e. The molecular weight excluding hydrogens is 308 g/mol. The van der Waals surface area contributed by atoms with Gasteiger partial charge in [-0.3, -0.25) is 14.9 Å². The van der Waals surface area contributed by atoms with E-state index in [0.29, 0.717) is 21.7 Å². The molecular formula is C15H9ClN2O4. The van der Waals surface area contributed by atoms with Gasteiger partial charge in [-0.1, -0.05) is 11.6 Å². The molecule has 2 aromatic carbocycles. The van der Waals surface area contributed by atoms with Crippen molar-refractivity contribution in [3.8, 4) is 0 Å². The highest BCUT2D eigenvalue weighted by molar-refractivity contribution is 6.30. The first-order valence-corrected chi connectivity index (χ1v) is 6.65. The normalized spacial score (nSPS) is 10.6. The summed E-state index contributed by atoms with van der Waals surface area (Å²) in [6.45, 7) is 0. The van der Waals surface area contributed by atoms with Crippen LogP contribution in [-0.2, 0) is 0 Å². The average Bonchev–Trinajstić information content (AvgIpc) is 2.92. The second-order valence-corrected chi connectivity index (χ2v) is 4.98. The molecule has 1 heterocycles. The first-order valence-electron chi connectivity index (χ1n) is 6.27. The minimum Gasteiger partial charge on any atom is -0.463 e. The standard InChI is InChI=1S/C15H9ClN2O4/c16-9-1-3-10(4-2-9)17-15(19)13-8-22-14-6-5-11(18(20)21)7-12(13)14/h1-8H,(H,17,19). The lowest BCUT2D eigenvalue weighted by atomic mass is 10.1. The van der Waals surface area contributed by atoms with E-state index in [2.05, 4.69) is 5.32 Å². The van der Waals surface area contributed by atoms with Gasteiger partial charge in [0, 0.05) is 28.2 Å². The highest BCUT2D eigenvalue weighted by atomic mass is 35.5. The number of furan rings is 1. The van der Waals surface area contributed by atoms with Crippen molar-refractivity contribution in [2.24, 2.45) is 0 Å². The van der Waals surface area contributed by atoms with Crippen LogP contribution in [0, 0.1) is 10.1 Å². The zero-order valence-corrected chi connectivity index (χ0v) is 11.8. The summed E-state index contributed by atoms with van der Waals surface area (Å²) in [7, 11) is 0. The van der Waals surface area contributed by atoms with Crippen LogP contribution in [0.5, 0.6) is 0 Å². The SMILES string of the molecule is O=C(Nc1ccc(Cl)cc1)c1coc2ccc([N+](=O)[O-])cc12. The van der Waals surface area contributed by atoms with Gasteiger partial charge < -0.3 is 9.73 Å². The summed E-state index contributed by atoms with van der Waals surface area (Å²) in [5.74, 6) is -0.415. The number of hydrogen-bond donors (Lipinski definition) is 1. The molecule has 7 heteroatoms. The molecule has 0 fully saturated rings. The van der Waals surface area contributed by atoms with Crippen molar-refractivity contribution in [1.29, 1.82) is 0 Å². The van der Waals surface area contributed by atoms with E-state index < -0.39 is 10.8 Å². The first-order chi connectivity index (χ1) is 10.5. The number of nitro benzene ring substituents is 1. The number of nitrogens with one attached hydrogen (secondary N) is 1. The zero-order valence-electron chi connectivity index (χ0n) is 11.1. The van der Waals surface area contributed by atoms with Crippen molar-refractivity contribution in [1.82, 2.24) is 0 Å². The van der Waals surface area contributed by atoms with Crippen LogP contribution in [0.1, 0.15) is 10.4 Å². The van der Waals surface area contributed by atoms with Crippen LogP contribution < -0.4 is 5.32 Å². The van der Waals surface area contributed by atoms with E-state index >= 15 is 0 Å². The maximum atomic E-state index is 12.3. The van der Waals surface area contributed by atoms with Gasteiger partial charge in [-0.25, -0.2) is 0 Å². The molecule has 3 aromatic rings. The summed E-state index contributed by atoms with van der Waals surface area (Å²) in [6.07, 6.45) is 1.28. The lowest BCUT2D eigenvalue weighted by Crippen LogP contribution is -2.11. The van der Waals surface area contributed by atoms with Crippen LogP contribution in [0.3, 0.4) is 0 Å². The van der Waals surface area contributed by atoms with Crippen LogP contribution in [0.15, 0.2) is 53.1 Å². The van der Waals surface area contributed by atoms with Gasteiger partial charge in [-0.2, -0.15) is 0 Å². The Labute approximate surface area is 129 Å². The van der Waals surface area contributed by atoms with E-state index in [1.54, 1.807) is 24.3 Å². The van der Waals surface area contributed by atoms with Crippen LogP contribution in [0.4, 0.5) is 11.4 Å². The van der Waals surface area contributed by atoms with Crippen molar-refractivity contribution in [3.05, 3.63) is 69.4 Å². The summed E-state index contributed by atoms with van der Waals surface area (Å²) in [6, 6.07) is 10.7. The molecule has 0 saturated heterocycles. The molecule has 1 aromatic heterocycles. The van der Waals surface area contributed by atoms with Gasteiger partial charge in [0.1, 0.15) is 11.8 Å². The number of halogens is 1. The van der Waals surface area contributed by atoms with E-state index in [0.717, 1.165) is 0 Å². The molecule has 1 amide bonds. The Hall–Kier alpha value is -2.86. The Morgan fingerprint density at radius 1 is 1.18 bits per heavy atom. The predicted molar refractivity (Wildman–Crippen MR) is 82.3 cm³/mol. The Bertz CT molecular complexity index is 871. The molecule has 110 valence electrons. The lowest BCUT2D eigenvalue weighted by molar-refractivity contribution is -0.384. The number of amides is 1. The monoisotopic (exact) mass is 316 g/mol. The van der Waals surface area contributed by atoms with Crippen LogP contribution >= 0.6 is 11.6 Å². The minimum absolute atomic E-state index is 0.102. The number of benzene rings is 2. The topological polar surface area (TPSA) is 85.4 Å². The third-order valence-electron chi connectivity index (χ3n) is 3.11. The van der Waals surface area contributed by atoms with Crippen molar-refractivity contribution in [2.45, 2.75) is 0 Å². The van der Waals surface area contributed by atoms with Crippen molar-refractivity contribution in [3.63, 3.8) is 0 Å². The second kappa shape index (κ2) is 5.50. The van der Waals surface area contributed by atoms with E-state index in [4.69, 9.17) is 16.0 Å². The van der Waals surface area contributed by atoms with E-state index in [1.165, 1.54) is 24.5 Å². The molecule has 3 rings (SSSR count). The van der Waals surface area contributed by atoms with Gasteiger partial charge in [0.05, 0.1) is 10.5 Å². The Morgan fingerprint density at radius 2 is 1.91 bits per heavy atom. The quantitative estimate of drug-likeness (QED) is 0.578. The van der Waals surface area contributed by atoms with Gasteiger partial charge in [0.2, 0.25) is 0 Å². The number of rotatable bonds is 3. The molecule has 0 saturated carbocycles. The van der Waals surface area contributed by atoms with Gasteiger partial charge in [-0.15, -0.1) is 0 Å². The van der Waals surface area contributed by atoms with E-state index in [-0.39, 0.29) is 11.3 Å². The third kappa shape index (κ3) is 2.64. The molecule has 0 atom stereocenters. The summed E-state index contributed by atoms with van der Waals surface area (Å²) in [4.78, 5) is 22.6. The summed E-state index contributed by atoms with van der Waals surface area (Å²) in [5, 5.41) is 14.5. The Morgan fingerprint density at radius 3 is 2.59 bits per heavy atom. The van der Waals surface area contributed by atoms with Crippen molar-refractivity contribution in [2.75, 3.05) is 5.32 Å². The van der Waals surface area contributed by atoms with E-state index in [1.807, 2.05) is 0 Å². The fraction of sp³-hybridized carbons (Fsp3) is 0. The average molecular weight is 317 g/mol. The molecule has 6 nitrogen and oxygen atoms in total. The molecule has 0 bridgehead atoms. The molecule has 0 aliphatic rings. The molecule has 0 aliphatic carbocycles. The number of non-ortho nitro benzene ring substituents is 1. The first kappa shape index (κ1) is 14.1. The number of carbonyl (C=O) groups excluding carboxylic acids is 1. The fourth-order valence-corrected chi connectivity index (χ4v) is 2.16. The van der Waals surface area contributed by atoms with Crippen LogP contribution in [0.25, 0.3) is 11.0 Å². The zero-order chi connectivity index (χ0) is 15.7. The van der Waals surface area contributed by atoms with Crippen LogP contribution in [0.2, 0.25) is 5.02 Å². The summed E-state index contributed by atoms with van der Waals surface area (Å²) < 4.78 is 5.26. The minimum atomic E-state index is -0.521. The van der Waals surface area contributed by atoms with Gasteiger partial charge in [-0.05, 0) is 30.3 Å². The largest absolute Gasteiger partial charge is 0.463 e. The van der Waals surface area contributed by atoms with Crippen molar-refractivity contribution < 1.29 is 14.1 Å². The van der Waals surface area contributed by atoms with E-state index in [9.17, 15) is 14.9 Å². The maximum Gasteiger partial charge on any atom is 0.270 e. The summed E-state index contributed by atoms with van der Waals surface area (Å²) in [5.41, 5.74) is 1.10. The molecule has 22 heavy (non-hydrogen) atoms. The van der Waals surface area contributed by atoms with Gasteiger partial charge >= 0.3 is 0 Å². The Kier molecular flexibility index (Phi) is 3.52.